The summed E-state index contributed by atoms with van der Waals surface area (Å²) in [4.78, 5) is 6.98. The van der Waals surface area contributed by atoms with Gasteiger partial charge in [0.1, 0.15) is 5.82 Å². The first kappa shape index (κ1) is 15.6. The van der Waals surface area contributed by atoms with Crippen LogP contribution in [0.3, 0.4) is 0 Å². The lowest BCUT2D eigenvalue weighted by Crippen LogP contribution is -2.35. The maximum absolute atomic E-state index is 9.34. The molecule has 0 amide bonds. The molecular formula is C16H25ClN2O. The summed E-state index contributed by atoms with van der Waals surface area (Å²) in [7, 11) is 0. The molecule has 20 heavy (non-hydrogen) atoms. The number of hydrogen-bond donors (Lipinski definition) is 1. The number of aliphatic hydroxyl groups is 1. The molecule has 0 spiro atoms. The summed E-state index contributed by atoms with van der Waals surface area (Å²) in [6, 6.07) is 4.43. The Morgan fingerprint density at radius 2 is 2.05 bits per heavy atom. The van der Waals surface area contributed by atoms with Crippen molar-refractivity contribution in [2.75, 3.05) is 11.4 Å². The minimum absolute atomic E-state index is 0.102. The number of aliphatic hydroxyl groups excluding tert-OH is 1. The monoisotopic (exact) mass is 296 g/mol. The first-order valence-electron chi connectivity index (χ1n) is 7.64. The van der Waals surface area contributed by atoms with Crippen LogP contribution in [0.5, 0.6) is 0 Å². The van der Waals surface area contributed by atoms with Crippen LogP contribution >= 0.6 is 11.6 Å². The maximum atomic E-state index is 9.34. The largest absolute Gasteiger partial charge is 0.390 e. The smallest absolute Gasteiger partial charge is 0.129 e. The molecule has 1 aliphatic rings. The van der Waals surface area contributed by atoms with Crippen LogP contribution in [-0.4, -0.2) is 22.7 Å². The molecule has 1 aromatic heterocycles. The average molecular weight is 297 g/mol. The fourth-order valence-electron chi connectivity index (χ4n) is 2.84. The Kier molecular flexibility index (Phi) is 5.67. The van der Waals surface area contributed by atoms with Gasteiger partial charge < -0.3 is 10.0 Å². The van der Waals surface area contributed by atoms with Crippen molar-refractivity contribution >= 4 is 17.4 Å². The maximum Gasteiger partial charge on any atom is 0.129 e. The van der Waals surface area contributed by atoms with E-state index in [2.05, 4.69) is 23.7 Å². The minimum Gasteiger partial charge on any atom is -0.390 e. The van der Waals surface area contributed by atoms with Crippen LogP contribution < -0.4 is 4.90 Å². The highest BCUT2D eigenvalue weighted by atomic mass is 35.5. The van der Waals surface area contributed by atoms with Crippen LogP contribution in [0.1, 0.15) is 51.6 Å². The topological polar surface area (TPSA) is 36.4 Å². The summed E-state index contributed by atoms with van der Waals surface area (Å²) < 4.78 is 0. The first-order chi connectivity index (χ1) is 9.61. The predicted molar refractivity (Wildman–Crippen MR) is 84.2 cm³/mol. The zero-order valence-electron chi connectivity index (χ0n) is 12.5. The van der Waals surface area contributed by atoms with E-state index in [4.69, 9.17) is 11.6 Å². The molecule has 2 rings (SSSR count). The Morgan fingerprint density at radius 1 is 1.35 bits per heavy atom. The van der Waals surface area contributed by atoms with Crippen molar-refractivity contribution in [3.63, 3.8) is 0 Å². The second kappa shape index (κ2) is 7.28. The van der Waals surface area contributed by atoms with Gasteiger partial charge >= 0.3 is 0 Å². The van der Waals surface area contributed by atoms with E-state index in [1.54, 1.807) is 0 Å². The van der Waals surface area contributed by atoms with Crippen LogP contribution in [0, 0.1) is 5.92 Å². The van der Waals surface area contributed by atoms with Crippen molar-refractivity contribution in [3.05, 3.63) is 22.8 Å². The highest BCUT2D eigenvalue weighted by Crippen LogP contribution is 2.29. The van der Waals surface area contributed by atoms with E-state index in [0.717, 1.165) is 18.8 Å². The quantitative estimate of drug-likeness (QED) is 0.861. The standard InChI is InChI=1S/C16H25ClN2O/c1-12(2)9-10-19(13-5-3-4-6-13)16-8-7-14(17)15(11-20)18-16/h7-8,12-13,20H,3-6,9-11H2,1-2H3. The lowest BCUT2D eigenvalue weighted by atomic mass is 10.1. The third kappa shape index (κ3) is 3.86. The van der Waals surface area contributed by atoms with Crippen molar-refractivity contribution in [1.29, 1.82) is 0 Å². The highest BCUT2D eigenvalue weighted by molar-refractivity contribution is 6.31. The van der Waals surface area contributed by atoms with Crippen LogP contribution in [-0.2, 0) is 6.61 Å². The fraction of sp³-hybridized carbons (Fsp3) is 0.688. The molecule has 112 valence electrons. The van der Waals surface area contributed by atoms with E-state index >= 15 is 0 Å². The summed E-state index contributed by atoms with van der Waals surface area (Å²) in [5, 5.41) is 9.89. The predicted octanol–water partition coefficient (Wildman–Crippen LogP) is 4.02. The lowest BCUT2D eigenvalue weighted by Gasteiger charge is -2.31. The molecule has 1 N–H and O–H groups in total. The third-order valence-corrected chi connectivity index (χ3v) is 4.40. The number of halogens is 1. The van der Waals surface area contributed by atoms with Gasteiger partial charge in [0.25, 0.3) is 0 Å². The van der Waals surface area contributed by atoms with Crippen molar-refractivity contribution in [2.45, 2.75) is 58.6 Å². The van der Waals surface area contributed by atoms with Crippen molar-refractivity contribution < 1.29 is 5.11 Å². The molecule has 1 aliphatic carbocycles. The molecule has 0 atom stereocenters. The number of nitrogens with zero attached hydrogens (tertiary/aromatic N) is 2. The van der Waals surface area contributed by atoms with Gasteiger partial charge in [0, 0.05) is 12.6 Å². The molecule has 1 heterocycles. The highest BCUT2D eigenvalue weighted by Gasteiger charge is 2.24. The molecule has 3 nitrogen and oxygen atoms in total. The van der Waals surface area contributed by atoms with Crippen LogP contribution in [0.25, 0.3) is 0 Å². The number of pyridine rings is 1. The zero-order valence-corrected chi connectivity index (χ0v) is 13.2. The van der Waals surface area contributed by atoms with Crippen LogP contribution in [0.4, 0.5) is 5.82 Å². The van der Waals surface area contributed by atoms with E-state index < -0.39 is 0 Å². The van der Waals surface area contributed by atoms with Crippen molar-refractivity contribution in [1.82, 2.24) is 4.98 Å². The molecular weight excluding hydrogens is 272 g/mol. The molecule has 0 bridgehead atoms. The van der Waals surface area contributed by atoms with E-state index in [9.17, 15) is 5.11 Å². The van der Waals surface area contributed by atoms with E-state index in [1.165, 1.54) is 25.7 Å². The Hall–Kier alpha value is -0.800. The first-order valence-corrected chi connectivity index (χ1v) is 8.02. The molecule has 1 saturated carbocycles. The van der Waals surface area contributed by atoms with Gasteiger partial charge in [0.2, 0.25) is 0 Å². The van der Waals surface area contributed by atoms with Gasteiger partial charge in [0.05, 0.1) is 17.3 Å². The van der Waals surface area contributed by atoms with Gasteiger partial charge in [-0.05, 0) is 37.3 Å². The van der Waals surface area contributed by atoms with Gasteiger partial charge in [-0.25, -0.2) is 4.98 Å². The van der Waals surface area contributed by atoms with Gasteiger partial charge in [-0.1, -0.05) is 38.3 Å². The number of aromatic nitrogens is 1. The molecule has 0 aliphatic heterocycles. The third-order valence-electron chi connectivity index (χ3n) is 4.06. The van der Waals surface area contributed by atoms with Gasteiger partial charge in [-0.15, -0.1) is 0 Å². The molecule has 0 saturated heterocycles. The SMILES string of the molecule is CC(C)CCN(c1ccc(Cl)c(CO)n1)C1CCCC1. The molecule has 0 unspecified atom stereocenters. The van der Waals surface area contributed by atoms with Gasteiger partial charge in [0.15, 0.2) is 0 Å². The Bertz CT molecular complexity index is 430. The summed E-state index contributed by atoms with van der Waals surface area (Å²) in [5.74, 6) is 1.65. The van der Waals surface area contributed by atoms with Crippen molar-refractivity contribution in [3.8, 4) is 0 Å². The number of hydrogen-bond acceptors (Lipinski definition) is 3. The molecule has 1 fully saturated rings. The fourth-order valence-corrected chi connectivity index (χ4v) is 3.01. The van der Waals surface area contributed by atoms with E-state index in [1.807, 2.05) is 12.1 Å². The number of rotatable bonds is 6. The lowest BCUT2D eigenvalue weighted by molar-refractivity contribution is 0.277. The Balaban J connectivity index is 2.20. The Labute approximate surface area is 127 Å². The van der Waals surface area contributed by atoms with E-state index in [-0.39, 0.29) is 6.61 Å². The van der Waals surface area contributed by atoms with Crippen molar-refractivity contribution in [2.24, 2.45) is 5.92 Å². The second-order valence-corrected chi connectivity index (χ2v) is 6.48. The van der Waals surface area contributed by atoms with Gasteiger partial charge in [-0.3, -0.25) is 0 Å². The van der Waals surface area contributed by atoms with Crippen LogP contribution in [0.15, 0.2) is 12.1 Å². The summed E-state index contributed by atoms with van der Waals surface area (Å²) in [6.07, 6.45) is 6.27. The summed E-state index contributed by atoms with van der Waals surface area (Å²) in [6.45, 7) is 5.43. The Morgan fingerprint density at radius 3 is 2.65 bits per heavy atom. The van der Waals surface area contributed by atoms with Crippen LogP contribution in [0.2, 0.25) is 5.02 Å². The van der Waals surface area contributed by atoms with Gasteiger partial charge in [-0.2, -0.15) is 0 Å². The minimum atomic E-state index is -0.102. The normalized spacial score (nSPS) is 16.1. The summed E-state index contributed by atoms with van der Waals surface area (Å²) >= 11 is 6.05. The van der Waals surface area contributed by atoms with E-state index in [0.29, 0.717) is 22.7 Å². The molecule has 1 aromatic rings. The zero-order chi connectivity index (χ0) is 14.5. The molecule has 0 radical (unpaired) electrons. The average Bonchev–Trinajstić information content (AvgIpc) is 2.94. The molecule has 0 aromatic carbocycles. The second-order valence-electron chi connectivity index (χ2n) is 6.07. The number of anilines is 1. The summed E-state index contributed by atoms with van der Waals surface area (Å²) in [5.41, 5.74) is 0.580. The molecule has 4 heteroatoms.